The van der Waals surface area contributed by atoms with E-state index < -0.39 is 75.4 Å². The second kappa shape index (κ2) is 9.09. The van der Waals surface area contributed by atoms with Gasteiger partial charge in [0.2, 0.25) is 5.78 Å². The van der Waals surface area contributed by atoms with Crippen LogP contribution in [0.3, 0.4) is 0 Å². The molecule has 8 nitrogen and oxygen atoms in total. The van der Waals surface area contributed by atoms with Crippen LogP contribution in [0.4, 0.5) is 19.3 Å². The van der Waals surface area contributed by atoms with E-state index in [2.05, 4.69) is 0 Å². The van der Waals surface area contributed by atoms with Crippen molar-refractivity contribution >= 4 is 34.9 Å². The van der Waals surface area contributed by atoms with Crippen molar-refractivity contribution in [3.8, 4) is 0 Å². The number of hydrogen-bond donors (Lipinski definition) is 2. The Hall–Kier alpha value is -2.82. The summed E-state index contributed by atoms with van der Waals surface area (Å²) in [6.07, 6.45) is -0.760. The maximum atomic E-state index is 17.7. The number of aliphatic hydroxyl groups is 1. The molecule has 1 saturated heterocycles. The molecule has 0 aromatic heterocycles. The summed E-state index contributed by atoms with van der Waals surface area (Å²) in [5, 5.41) is 13.9. The molecule has 5 aliphatic rings. The highest BCUT2D eigenvalue weighted by Gasteiger charge is 2.80. The quantitative estimate of drug-likeness (QED) is 0.506. The standard InChI is InChI=1S/C31H35ClF2N2O6/c1-27(2,41-26(35)40)25(39)31-16(15-36(42-31)18-7-5-17(32)6-8-18)11-20-21-13-23(33)22-12-19(37)9-10-28(22,3)30(21,34)24(38)14-29(20,31)4/h5-10,12,16,20-21,23-24,38H,11,13-15H2,1-4H3,(H2,35,40)/t16-,20-,21-,23-,24-,28-,29-,30-,31-/m0/s1. The maximum absolute atomic E-state index is 17.7. The molecule has 9 atom stereocenters. The fourth-order valence-corrected chi connectivity index (χ4v) is 9.27. The van der Waals surface area contributed by atoms with E-state index in [1.165, 1.54) is 32.9 Å². The van der Waals surface area contributed by atoms with Gasteiger partial charge in [0.15, 0.2) is 22.7 Å². The summed E-state index contributed by atoms with van der Waals surface area (Å²) in [5.74, 6) is -3.09. The topological polar surface area (TPSA) is 119 Å². The summed E-state index contributed by atoms with van der Waals surface area (Å²) in [5.41, 5.74) is -2.45. The Morgan fingerprint density at radius 3 is 2.50 bits per heavy atom. The first kappa shape index (κ1) is 29.3. The Morgan fingerprint density at radius 1 is 1.19 bits per heavy atom. The molecule has 1 aromatic rings. The number of ether oxygens (including phenoxy) is 1. The van der Waals surface area contributed by atoms with Gasteiger partial charge in [0.25, 0.3) is 0 Å². The van der Waals surface area contributed by atoms with Gasteiger partial charge in [0.05, 0.1) is 18.3 Å². The van der Waals surface area contributed by atoms with Crippen LogP contribution in [-0.2, 0) is 19.2 Å². The molecular weight excluding hydrogens is 570 g/mol. The Balaban J connectivity index is 1.48. The molecular formula is C31H35ClF2N2O6. The molecule has 1 heterocycles. The number of allylic oxidation sites excluding steroid dienone is 4. The zero-order valence-corrected chi connectivity index (χ0v) is 24.7. The van der Waals surface area contributed by atoms with E-state index in [4.69, 9.17) is 26.9 Å². The number of nitrogens with two attached hydrogens (primary N) is 1. The van der Waals surface area contributed by atoms with Gasteiger partial charge >= 0.3 is 6.09 Å². The number of nitrogens with zero attached hydrogens (tertiary/aromatic N) is 1. The number of primary amides is 1. The Kier molecular flexibility index (Phi) is 6.34. The van der Waals surface area contributed by atoms with Crippen molar-refractivity contribution in [1.29, 1.82) is 0 Å². The number of ketones is 2. The normalized spacial score (nSPS) is 42.3. The van der Waals surface area contributed by atoms with E-state index in [1.54, 1.807) is 36.3 Å². The van der Waals surface area contributed by atoms with Crippen molar-refractivity contribution in [2.75, 3.05) is 11.6 Å². The fourth-order valence-electron chi connectivity index (χ4n) is 9.14. The molecule has 0 spiro atoms. The molecule has 1 aromatic carbocycles. The predicted molar refractivity (Wildman–Crippen MR) is 150 cm³/mol. The van der Waals surface area contributed by atoms with Crippen LogP contribution in [-0.4, -0.2) is 58.5 Å². The van der Waals surface area contributed by atoms with Crippen LogP contribution in [0, 0.1) is 28.6 Å². The minimum Gasteiger partial charge on any atom is -0.436 e. The number of rotatable bonds is 4. The lowest BCUT2D eigenvalue weighted by Gasteiger charge is -2.63. The summed E-state index contributed by atoms with van der Waals surface area (Å²) in [6.45, 7) is 6.41. The highest BCUT2D eigenvalue weighted by atomic mass is 35.5. The van der Waals surface area contributed by atoms with Crippen molar-refractivity contribution in [2.24, 2.45) is 34.3 Å². The Morgan fingerprint density at radius 2 is 1.86 bits per heavy atom. The summed E-state index contributed by atoms with van der Waals surface area (Å²) in [4.78, 5) is 45.2. The van der Waals surface area contributed by atoms with Gasteiger partial charge in [-0.2, -0.15) is 0 Å². The van der Waals surface area contributed by atoms with Crippen molar-refractivity contribution < 1.29 is 37.8 Å². The number of fused-ring (bicyclic) bond motifs is 7. The number of anilines is 1. The molecule has 11 heteroatoms. The van der Waals surface area contributed by atoms with Crippen molar-refractivity contribution in [3.05, 3.63) is 53.1 Å². The number of alkyl halides is 2. The van der Waals surface area contributed by atoms with Gasteiger partial charge in [-0.15, -0.1) is 0 Å². The number of carbonyl (C=O) groups is 3. The molecule has 42 heavy (non-hydrogen) atoms. The van der Waals surface area contributed by atoms with Crippen LogP contribution in [0.2, 0.25) is 5.02 Å². The number of carbonyl (C=O) groups excluding carboxylic acids is 3. The largest absolute Gasteiger partial charge is 0.436 e. The van der Waals surface area contributed by atoms with Gasteiger partial charge in [0.1, 0.15) is 6.17 Å². The number of amides is 1. The van der Waals surface area contributed by atoms with E-state index in [0.717, 1.165) is 6.08 Å². The summed E-state index contributed by atoms with van der Waals surface area (Å²) < 4.78 is 38.9. The molecule has 3 N–H and O–H groups in total. The van der Waals surface area contributed by atoms with Crippen LogP contribution in [0.5, 0.6) is 0 Å². The molecule has 3 saturated carbocycles. The highest BCUT2D eigenvalue weighted by Crippen LogP contribution is 2.73. The predicted octanol–water partition coefficient (Wildman–Crippen LogP) is 4.82. The number of halogens is 3. The molecule has 1 amide bonds. The lowest BCUT2D eigenvalue weighted by Crippen LogP contribution is -2.71. The second-order valence-electron chi connectivity index (χ2n) is 13.4. The lowest BCUT2D eigenvalue weighted by molar-refractivity contribution is -0.231. The molecule has 4 aliphatic carbocycles. The molecule has 6 rings (SSSR count). The van der Waals surface area contributed by atoms with E-state index in [9.17, 15) is 19.5 Å². The van der Waals surface area contributed by atoms with Gasteiger partial charge in [0, 0.05) is 27.7 Å². The van der Waals surface area contributed by atoms with Crippen LogP contribution >= 0.6 is 11.6 Å². The van der Waals surface area contributed by atoms with Crippen LogP contribution < -0.4 is 10.8 Å². The first-order chi connectivity index (χ1) is 19.5. The minimum atomic E-state index is -2.30. The average Bonchev–Trinajstić information content (AvgIpc) is 3.39. The Bertz CT molecular complexity index is 1430. The SMILES string of the molecule is CC(C)(OC(N)=O)C(=O)[C@@]12ON(c3ccc(Cl)cc3)C[C@@H]1C[C@H]1[C@@H]3C[C@H](F)C4=CC(=O)C=C[C@]4(C)[C@@]3(F)[C@@H](O)C[C@@]12C. The summed E-state index contributed by atoms with van der Waals surface area (Å²) in [7, 11) is 0. The number of hydrogen-bond acceptors (Lipinski definition) is 7. The van der Waals surface area contributed by atoms with Gasteiger partial charge in [-0.05, 0) is 87.9 Å². The smallest absolute Gasteiger partial charge is 0.405 e. The molecule has 1 aliphatic heterocycles. The number of aliphatic hydroxyl groups excluding tert-OH is 1. The van der Waals surface area contributed by atoms with E-state index in [-0.39, 0.29) is 25.0 Å². The summed E-state index contributed by atoms with van der Waals surface area (Å²) in [6, 6.07) is 6.86. The molecule has 4 fully saturated rings. The van der Waals surface area contributed by atoms with Gasteiger partial charge in [-0.1, -0.05) is 24.6 Å². The van der Waals surface area contributed by atoms with E-state index in [1.807, 2.05) is 0 Å². The number of hydroxylamine groups is 1. The van der Waals surface area contributed by atoms with Gasteiger partial charge in [-0.3, -0.25) is 19.5 Å². The van der Waals surface area contributed by atoms with Gasteiger partial charge in [-0.25, -0.2) is 13.6 Å². The van der Waals surface area contributed by atoms with Gasteiger partial charge < -0.3 is 15.6 Å². The lowest BCUT2D eigenvalue weighted by atomic mass is 9.44. The number of Topliss-reactive ketones (excluding diaryl/α,β-unsaturated/α-hetero) is 1. The summed E-state index contributed by atoms with van der Waals surface area (Å²) >= 11 is 6.09. The van der Waals surface area contributed by atoms with Crippen molar-refractivity contribution in [3.63, 3.8) is 0 Å². The third-order valence-electron chi connectivity index (χ3n) is 11.0. The molecule has 0 bridgehead atoms. The highest BCUT2D eigenvalue weighted by molar-refractivity contribution is 6.30. The van der Waals surface area contributed by atoms with E-state index >= 15 is 8.78 Å². The monoisotopic (exact) mass is 604 g/mol. The van der Waals surface area contributed by atoms with Crippen LogP contribution in [0.25, 0.3) is 0 Å². The van der Waals surface area contributed by atoms with Crippen LogP contribution in [0.1, 0.15) is 47.0 Å². The first-order valence-corrected chi connectivity index (χ1v) is 14.6. The first-order valence-electron chi connectivity index (χ1n) is 14.2. The fraction of sp³-hybridized carbons (Fsp3) is 0.581. The molecule has 0 unspecified atom stereocenters. The van der Waals surface area contributed by atoms with Crippen molar-refractivity contribution in [2.45, 2.75) is 76.1 Å². The third-order valence-corrected chi connectivity index (χ3v) is 11.2. The molecule has 226 valence electrons. The number of benzene rings is 1. The Labute approximate surface area is 247 Å². The molecule has 0 radical (unpaired) electrons. The van der Waals surface area contributed by atoms with Crippen LogP contribution in [0.15, 0.2) is 48.1 Å². The zero-order valence-electron chi connectivity index (χ0n) is 23.9. The zero-order chi connectivity index (χ0) is 30.6. The minimum absolute atomic E-state index is 0.0292. The third kappa shape index (κ3) is 3.61. The van der Waals surface area contributed by atoms with Crippen molar-refractivity contribution in [1.82, 2.24) is 0 Å². The average molecular weight is 605 g/mol. The van der Waals surface area contributed by atoms with E-state index in [0.29, 0.717) is 17.1 Å². The maximum Gasteiger partial charge on any atom is 0.405 e. The second-order valence-corrected chi connectivity index (χ2v) is 13.9.